The first kappa shape index (κ1) is 8.01. The van der Waals surface area contributed by atoms with Gasteiger partial charge in [-0.05, 0) is 24.6 Å². The molecule has 60 valence electrons. The SMILES string of the molecule is CCNc1cc(CN)ccn1. The summed E-state index contributed by atoms with van der Waals surface area (Å²) in [4.78, 5) is 4.11. The van der Waals surface area contributed by atoms with Gasteiger partial charge in [0, 0.05) is 19.3 Å². The van der Waals surface area contributed by atoms with E-state index in [4.69, 9.17) is 5.73 Å². The Kier molecular flexibility index (Phi) is 2.86. The van der Waals surface area contributed by atoms with E-state index in [2.05, 4.69) is 10.3 Å². The molecule has 1 heterocycles. The molecule has 0 saturated heterocycles. The van der Waals surface area contributed by atoms with Crippen LogP contribution in [0.15, 0.2) is 18.3 Å². The lowest BCUT2D eigenvalue weighted by Crippen LogP contribution is -2.01. The monoisotopic (exact) mass is 151 g/mol. The molecule has 3 nitrogen and oxygen atoms in total. The molecule has 0 radical (unpaired) electrons. The van der Waals surface area contributed by atoms with E-state index in [1.807, 2.05) is 19.1 Å². The van der Waals surface area contributed by atoms with Gasteiger partial charge in [-0.3, -0.25) is 0 Å². The summed E-state index contributed by atoms with van der Waals surface area (Å²) in [5.74, 6) is 0.899. The molecule has 0 saturated carbocycles. The van der Waals surface area contributed by atoms with Crippen molar-refractivity contribution in [3.05, 3.63) is 23.9 Å². The van der Waals surface area contributed by atoms with Crippen LogP contribution in [0.25, 0.3) is 0 Å². The highest BCUT2D eigenvalue weighted by Crippen LogP contribution is 2.04. The number of aromatic nitrogens is 1. The molecular formula is C8H13N3. The van der Waals surface area contributed by atoms with Crippen molar-refractivity contribution in [1.29, 1.82) is 0 Å². The number of anilines is 1. The Morgan fingerprint density at radius 3 is 3.09 bits per heavy atom. The molecule has 0 aliphatic heterocycles. The van der Waals surface area contributed by atoms with Crippen LogP contribution >= 0.6 is 0 Å². The lowest BCUT2D eigenvalue weighted by molar-refractivity contribution is 1.05. The van der Waals surface area contributed by atoms with Crippen LogP contribution in [0.4, 0.5) is 5.82 Å². The highest BCUT2D eigenvalue weighted by molar-refractivity contribution is 5.37. The molecule has 0 aliphatic carbocycles. The quantitative estimate of drug-likeness (QED) is 0.676. The molecule has 1 aromatic rings. The van der Waals surface area contributed by atoms with Crippen molar-refractivity contribution in [3.63, 3.8) is 0 Å². The Bertz CT molecular complexity index is 222. The van der Waals surface area contributed by atoms with Gasteiger partial charge in [0.1, 0.15) is 5.82 Å². The van der Waals surface area contributed by atoms with Crippen LogP contribution in [0.2, 0.25) is 0 Å². The molecule has 0 aromatic carbocycles. The Hall–Kier alpha value is -1.09. The Morgan fingerprint density at radius 1 is 1.64 bits per heavy atom. The molecule has 0 atom stereocenters. The lowest BCUT2D eigenvalue weighted by Gasteiger charge is -2.02. The van der Waals surface area contributed by atoms with Gasteiger partial charge < -0.3 is 11.1 Å². The van der Waals surface area contributed by atoms with Gasteiger partial charge in [-0.25, -0.2) is 4.98 Å². The number of hydrogen-bond acceptors (Lipinski definition) is 3. The summed E-state index contributed by atoms with van der Waals surface area (Å²) in [6.07, 6.45) is 1.76. The van der Waals surface area contributed by atoms with Gasteiger partial charge in [0.25, 0.3) is 0 Å². The van der Waals surface area contributed by atoms with Crippen LogP contribution in [-0.4, -0.2) is 11.5 Å². The first-order valence-electron chi connectivity index (χ1n) is 3.75. The molecule has 0 unspecified atom stereocenters. The average molecular weight is 151 g/mol. The highest BCUT2D eigenvalue weighted by Gasteiger charge is 1.92. The predicted molar refractivity (Wildman–Crippen MR) is 46.3 cm³/mol. The maximum atomic E-state index is 5.46. The fourth-order valence-electron chi connectivity index (χ4n) is 0.879. The van der Waals surface area contributed by atoms with Crippen molar-refractivity contribution in [2.75, 3.05) is 11.9 Å². The maximum absolute atomic E-state index is 5.46. The smallest absolute Gasteiger partial charge is 0.126 e. The summed E-state index contributed by atoms with van der Waals surface area (Å²) >= 11 is 0. The standard InChI is InChI=1S/C8H13N3/c1-2-10-8-5-7(6-9)3-4-11-8/h3-5H,2,6,9H2,1H3,(H,10,11). The summed E-state index contributed by atoms with van der Waals surface area (Å²) < 4.78 is 0. The molecule has 0 aliphatic rings. The van der Waals surface area contributed by atoms with Crippen molar-refractivity contribution >= 4 is 5.82 Å². The number of nitrogens with zero attached hydrogens (tertiary/aromatic N) is 1. The summed E-state index contributed by atoms with van der Waals surface area (Å²) in [6.45, 7) is 3.50. The summed E-state index contributed by atoms with van der Waals surface area (Å²) in [5.41, 5.74) is 6.57. The van der Waals surface area contributed by atoms with E-state index >= 15 is 0 Å². The van der Waals surface area contributed by atoms with Crippen LogP contribution in [0.3, 0.4) is 0 Å². The molecule has 3 heteroatoms. The van der Waals surface area contributed by atoms with Crippen molar-refractivity contribution in [3.8, 4) is 0 Å². The minimum atomic E-state index is 0.570. The molecule has 0 fully saturated rings. The third kappa shape index (κ3) is 2.20. The summed E-state index contributed by atoms with van der Waals surface area (Å²) in [6, 6.07) is 3.88. The van der Waals surface area contributed by atoms with E-state index in [1.54, 1.807) is 6.20 Å². The zero-order valence-electron chi connectivity index (χ0n) is 6.67. The fourth-order valence-corrected chi connectivity index (χ4v) is 0.879. The van der Waals surface area contributed by atoms with E-state index in [1.165, 1.54) is 0 Å². The zero-order valence-corrected chi connectivity index (χ0v) is 6.67. The topological polar surface area (TPSA) is 50.9 Å². The van der Waals surface area contributed by atoms with Crippen LogP contribution in [0.1, 0.15) is 12.5 Å². The van der Waals surface area contributed by atoms with Gasteiger partial charge in [0.2, 0.25) is 0 Å². The average Bonchev–Trinajstić information content (AvgIpc) is 2.06. The fraction of sp³-hybridized carbons (Fsp3) is 0.375. The third-order valence-corrected chi connectivity index (χ3v) is 1.42. The Labute approximate surface area is 66.6 Å². The second-order valence-electron chi connectivity index (χ2n) is 2.28. The van der Waals surface area contributed by atoms with Gasteiger partial charge in [-0.1, -0.05) is 0 Å². The molecule has 1 rings (SSSR count). The summed E-state index contributed by atoms with van der Waals surface area (Å²) in [7, 11) is 0. The largest absolute Gasteiger partial charge is 0.370 e. The summed E-state index contributed by atoms with van der Waals surface area (Å²) in [5, 5.41) is 3.12. The minimum absolute atomic E-state index is 0.570. The van der Waals surface area contributed by atoms with Crippen LogP contribution < -0.4 is 11.1 Å². The van der Waals surface area contributed by atoms with Crippen molar-refractivity contribution < 1.29 is 0 Å². The van der Waals surface area contributed by atoms with Gasteiger partial charge in [-0.2, -0.15) is 0 Å². The van der Waals surface area contributed by atoms with Crippen LogP contribution in [0.5, 0.6) is 0 Å². The van der Waals surface area contributed by atoms with Crippen LogP contribution in [-0.2, 0) is 6.54 Å². The first-order chi connectivity index (χ1) is 5.36. The highest BCUT2D eigenvalue weighted by atomic mass is 15.0. The second kappa shape index (κ2) is 3.93. The molecule has 1 aromatic heterocycles. The third-order valence-electron chi connectivity index (χ3n) is 1.42. The van der Waals surface area contributed by atoms with Crippen molar-refractivity contribution in [2.24, 2.45) is 5.73 Å². The van der Waals surface area contributed by atoms with E-state index < -0.39 is 0 Å². The number of pyridine rings is 1. The zero-order chi connectivity index (χ0) is 8.10. The van der Waals surface area contributed by atoms with Gasteiger partial charge in [0.05, 0.1) is 0 Å². The van der Waals surface area contributed by atoms with Gasteiger partial charge >= 0.3 is 0 Å². The molecule has 0 amide bonds. The molecule has 11 heavy (non-hydrogen) atoms. The Morgan fingerprint density at radius 2 is 2.45 bits per heavy atom. The Balaban J connectivity index is 2.74. The number of nitrogens with one attached hydrogen (secondary N) is 1. The van der Waals surface area contributed by atoms with E-state index in [-0.39, 0.29) is 0 Å². The van der Waals surface area contributed by atoms with Crippen molar-refractivity contribution in [1.82, 2.24) is 4.98 Å². The number of hydrogen-bond donors (Lipinski definition) is 2. The van der Waals surface area contributed by atoms with E-state index in [0.717, 1.165) is 17.9 Å². The lowest BCUT2D eigenvalue weighted by atomic mass is 10.2. The maximum Gasteiger partial charge on any atom is 0.126 e. The normalized spacial score (nSPS) is 9.64. The molecular weight excluding hydrogens is 138 g/mol. The first-order valence-corrected chi connectivity index (χ1v) is 3.75. The van der Waals surface area contributed by atoms with E-state index in [9.17, 15) is 0 Å². The predicted octanol–water partition coefficient (Wildman–Crippen LogP) is 0.972. The second-order valence-corrected chi connectivity index (χ2v) is 2.28. The van der Waals surface area contributed by atoms with Crippen molar-refractivity contribution in [2.45, 2.75) is 13.5 Å². The van der Waals surface area contributed by atoms with Gasteiger partial charge in [-0.15, -0.1) is 0 Å². The molecule has 0 spiro atoms. The molecule has 3 N–H and O–H groups in total. The minimum Gasteiger partial charge on any atom is -0.370 e. The number of nitrogens with two attached hydrogens (primary N) is 1. The van der Waals surface area contributed by atoms with Gasteiger partial charge in [0.15, 0.2) is 0 Å². The van der Waals surface area contributed by atoms with E-state index in [0.29, 0.717) is 6.54 Å². The number of rotatable bonds is 3. The molecule has 0 bridgehead atoms. The van der Waals surface area contributed by atoms with Crippen LogP contribution in [0, 0.1) is 0 Å².